The number of rotatable bonds is 6. The highest BCUT2D eigenvalue weighted by molar-refractivity contribution is 7.99. The zero-order valence-corrected chi connectivity index (χ0v) is 13.9. The maximum atomic E-state index is 11.8. The second kappa shape index (κ2) is 8.20. The second-order valence-corrected chi connectivity index (χ2v) is 6.73. The molecule has 0 bridgehead atoms. The molecule has 0 saturated heterocycles. The van der Waals surface area contributed by atoms with Crippen molar-refractivity contribution in [3.05, 3.63) is 23.8 Å². The summed E-state index contributed by atoms with van der Waals surface area (Å²) in [5, 5.41) is 6.43. The summed E-state index contributed by atoms with van der Waals surface area (Å²) in [6, 6.07) is 6.24. The van der Waals surface area contributed by atoms with Gasteiger partial charge in [0.25, 0.3) is 0 Å². The van der Waals surface area contributed by atoms with Crippen molar-refractivity contribution in [1.82, 2.24) is 5.32 Å². The third-order valence-corrected chi connectivity index (χ3v) is 4.61. The van der Waals surface area contributed by atoms with E-state index in [1.807, 2.05) is 31.7 Å². The number of hydrogen-bond donors (Lipinski definition) is 2. The molecule has 1 aromatic carbocycles. The van der Waals surface area contributed by atoms with Crippen LogP contribution in [0, 0.1) is 6.92 Å². The smallest absolute Gasteiger partial charge is 0.319 e. The number of carbonyl (C=O) groups is 1. The van der Waals surface area contributed by atoms with Crippen molar-refractivity contribution in [3.8, 4) is 0 Å². The highest BCUT2D eigenvalue weighted by Crippen LogP contribution is 2.28. The normalized spacial score (nSPS) is 13.7. The van der Waals surface area contributed by atoms with E-state index in [0.717, 1.165) is 24.1 Å². The molecular formula is C16H26N2OS. The maximum absolute atomic E-state index is 11.8. The van der Waals surface area contributed by atoms with Gasteiger partial charge in [0.1, 0.15) is 0 Å². The van der Waals surface area contributed by atoms with Crippen molar-refractivity contribution in [1.29, 1.82) is 0 Å². The fourth-order valence-electron chi connectivity index (χ4n) is 1.65. The number of anilines is 1. The fraction of sp³-hybridized carbons (Fsp3) is 0.562. The van der Waals surface area contributed by atoms with Crippen LogP contribution < -0.4 is 10.6 Å². The van der Waals surface area contributed by atoms with Gasteiger partial charge in [0, 0.05) is 21.9 Å². The molecule has 1 aromatic rings. The van der Waals surface area contributed by atoms with Gasteiger partial charge in [0.15, 0.2) is 0 Å². The molecule has 2 amide bonds. The number of carbonyl (C=O) groups excluding carboxylic acids is 1. The minimum absolute atomic E-state index is 0.134. The van der Waals surface area contributed by atoms with E-state index in [4.69, 9.17) is 0 Å². The molecule has 0 saturated carbocycles. The van der Waals surface area contributed by atoms with E-state index >= 15 is 0 Å². The number of hydrogen-bond acceptors (Lipinski definition) is 2. The molecule has 2 unspecified atom stereocenters. The molecule has 2 N–H and O–H groups in total. The van der Waals surface area contributed by atoms with Gasteiger partial charge in [0.05, 0.1) is 0 Å². The van der Waals surface area contributed by atoms with Crippen LogP contribution in [0.15, 0.2) is 23.1 Å². The lowest BCUT2D eigenvalue weighted by Gasteiger charge is -2.15. The lowest BCUT2D eigenvalue weighted by atomic mass is 10.2. The molecular weight excluding hydrogens is 268 g/mol. The Hall–Kier alpha value is -1.16. The standard InChI is InChI=1S/C16H26N2OS/c1-6-12(4)17-16(19)18-15-9-8-14(10-11(15)3)20-13(5)7-2/h8-10,12-13H,6-7H2,1-5H3,(H2,17,18,19). The summed E-state index contributed by atoms with van der Waals surface area (Å²) in [6.45, 7) is 10.5. The van der Waals surface area contributed by atoms with Crippen LogP contribution >= 0.6 is 11.8 Å². The Labute approximate surface area is 126 Å². The minimum Gasteiger partial charge on any atom is -0.335 e. The zero-order chi connectivity index (χ0) is 15.1. The number of aryl methyl sites for hydroxylation is 1. The first kappa shape index (κ1) is 16.9. The van der Waals surface area contributed by atoms with Crippen molar-refractivity contribution in [2.75, 3.05) is 5.32 Å². The van der Waals surface area contributed by atoms with Gasteiger partial charge in [-0.15, -0.1) is 11.8 Å². The van der Waals surface area contributed by atoms with Crippen LogP contribution in [0.4, 0.5) is 10.5 Å². The van der Waals surface area contributed by atoms with Crippen LogP contribution in [0.25, 0.3) is 0 Å². The molecule has 1 rings (SSSR count). The van der Waals surface area contributed by atoms with Crippen molar-refractivity contribution in [3.63, 3.8) is 0 Å². The van der Waals surface area contributed by atoms with Gasteiger partial charge < -0.3 is 10.6 Å². The van der Waals surface area contributed by atoms with E-state index in [-0.39, 0.29) is 12.1 Å². The van der Waals surface area contributed by atoms with Crippen LogP contribution in [-0.4, -0.2) is 17.3 Å². The molecule has 0 heterocycles. The van der Waals surface area contributed by atoms with Gasteiger partial charge in [-0.05, 0) is 50.5 Å². The molecule has 112 valence electrons. The summed E-state index contributed by atoms with van der Waals surface area (Å²) < 4.78 is 0. The lowest BCUT2D eigenvalue weighted by Crippen LogP contribution is -2.35. The molecule has 0 aliphatic rings. The number of nitrogens with one attached hydrogen (secondary N) is 2. The topological polar surface area (TPSA) is 41.1 Å². The third kappa shape index (κ3) is 5.45. The van der Waals surface area contributed by atoms with E-state index in [1.54, 1.807) is 0 Å². The lowest BCUT2D eigenvalue weighted by molar-refractivity contribution is 0.249. The average Bonchev–Trinajstić information content (AvgIpc) is 2.41. The van der Waals surface area contributed by atoms with Crippen molar-refractivity contribution >= 4 is 23.5 Å². The van der Waals surface area contributed by atoms with E-state index in [9.17, 15) is 4.79 Å². The predicted molar refractivity (Wildman–Crippen MR) is 88.7 cm³/mol. The van der Waals surface area contributed by atoms with Crippen molar-refractivity contribution in [2.45, 2.75) is 63.6 Å². The molecule has 3 nitrogen and oxygen atoms in total. The van der Waals surface area contributed by atoms with E-state index in [0.29, 0.717) is 5.25 Å². The van der Waals surface area contributed by atoms with Crippen LogP contribution in [0.3, 0.4) is 0 Å². The van der Waals surface area contributed by atoms with Gasteiger partial charge in [0.2, 0.25) is 0 Å². The van der Waals surface area contributed by atoms with Crippen molar-refractivity contribution in [2.24, 2.45) is 0 Å². The molecule has 4 heteroatoms. The Morgan fingerprint density at radius 3 is 2.50 bits per heavy atom. The Morgan fingerprint density at radius 1 is 1.25 bits per heavy atom. The van der Waals surface area contributed by atoms with E-state index in [2.05, 4.69) is 43.5 Å². The summed E-state index contributed by atoms with van der Waals surface area (Å²) in [5.74, 6) is 0. The first-order chi connectivity index (χ1) is 9.46. The van der Waals surface area contributed by atoms with Crippen LogP contribution in [0.5, 0.6) is 0 Å². The number of thioether (sulfide) groups is 1. The molecule has 20 heavy (non-hydrogen) atoms. The minimum atomic E-state index is -0.134. The van der Waals surface area contributed by atoms with Crippen LogP contribution in [0.2, 0.25) is 0 Å². The first-order valence-corrected chi connectivity index (χ1v) is 8.19. The second-order valence-electron chi connectivity index (χ2n) is 5.22. The maximum Gasteiger partial charge on any atom is 0.319 e. The molecule has 0 aliphatic heterocycles. The van der Waals surface area contributed by atoms with Crippen LogP contribution in [0.1, 0.15) is 46.1 Å². The Bertz CT molecular complexity index is 448. The van der Waals surface area contributed by atoms with Gasteiger partial charge in [-0.25, -0.2) is 4.79 Å². The molecule has 2 atom stereocenters. The summed E-state index contributed by atoms with van der Waals surface area (Å²) >= 11 is 1.87. The SMILES string of the molecule is CCC(C)NC(=O)Nc1ccc(SC(C)CC)cc1C. The average molecular weight is 294 g/mol. The summed E-state index contributed by atoms with van der Waals surface area (Å²) in [5.41, 5.74) is 1.97. The first-order valence-electron chi connectivity index (χ1n) is 7.31. The number of urea groups is 1. The summed E-state index contributed by atoms with van der Waals surface area (Å²) in [7, 11) is 0. The third-order valence-electron chi connectivity index (χ3n) is 3.35. The van der Waals surface area contributed by atoms with Crippen LogP contribution in [-0.2, 0) is 0 Å². The van der Waals surface area contributed by atoms with E-state index in [1.165, 1.54) is 4.90 Å². The highest BCUT2D eigenvalue weighted by atomic mass is 32.2. The molecule has 0 spiro atoms. The Kier molecular flexibility index (Phi) is 6.93. The van der Waals surface area contributed by atoms with Gasteiger partial charge in [-0.1, -0.05) is 20.8 Å². The Morgan fingerprint density at radius 2 is 1.95 bits per heavy atom. The predicted octanol–water partition coefficient (Wildman–Crippen LogP) is 4.81. The summed E-state index contributed by atoms with van der Waals surface area (Å²) in [4.78, 5) is 13.1. The quantitative estimate of drug-likeness (QED) is 0.739. The van der Waals surface area contributed by atoms with Crippen molar-refractivity contribution < 1.29 is 4.79 Å². The number of benzene rings is 1. The fourth-order valence-corrected chi connectivity index (χ4v) is 2.67. The molecule has 0 radical (unpaired) electrons. The molecule has 0 fully saturated rings. The highest BCUT2D eigenvalue weighted by Gasteiger charge is 2.08. The van der Waals surface area contributed by atoms with Gasteiger partial charge in [-0.2, -0.15) is 0 Å². The monoisotopic (exact) mass is 294 g/mol. The van der Waals surface area contributed by atoms with E-state index < -0.39 is 0 Å². The number of amides is 2. The Balaban J connectivity index is 2.66. The molecule has 0 aromatic heterocycles. The zero-order valence-electron chi connectivity index (χ0n) is 13.1. The summed E-state index contributed by atoms with van der Waals surface area (Å²) in [6.07, 6.45) is 2.08. The molecule has 0 aliphatic carbocycles. The largest absolute Gasteiger partial charge is 0.335 e. The van der Waals surface area contributed by atoms with Gasteiger partial charge in [-0.3, -0.25) is 0 Å². The van der Waals surface area contributed by atoms with Gasteiger partial charge >= 0.3 is 6.03 Å².